The maximum atomic E-state index is 12.4. The Balaban J connectivity index is 2.28. The number of benzene rings is 1. The van der Waals surface area contributed by atoms with Gasteiger partial charge >= 0.3 is 5.97 Å². The summed E-state index contributed by atoms with van der Waals surface area (Å²) in [5.74, 6) is -0.884. The van der Waals surface area contributed by atoms with E-state index in [2.05, 4.69) is 6.58 Å². The van der Waals surface area contributed by atoms with Gasteiger partial charge in [0.2, 0.25) is 0 Å². The molecular formula is C18H19NO6S. The van der Waals surface area contributed by atoms with E-state index in [1.165, 1.54) is 20.1 Å². The second-order valence-electron chi connectivity index (χ2n) is 5.54. The zero-order valence-corrected chi connectivity index (χ0v) is 15.4. The van der Waals surface area contributed by atoms with Gasteiger partial charge in [0.05, 0.1) is 18.1 Å². The van der Waals surface area contributed by atoms with Crippen LogP contribution in [0.1, 0.15) is 19.4 Å². The first-order valence-corrected chi connectivity index (χ1v) is 8.57. The van der Waals surface area contributed by atoms with Gasteiger partial charge < -0.3 is 14.6 Å². The number of carbonyl (C=O) groups is 3. The number of hydrogen-bond acceptors (Lipinski definition) is 6. The quantitative estimate of drug-likeness (QED) is 0.576. The van der Waals surface area contributed by atoms with Crippen molar-refractivity contribution in [3.8, 4) is 11.5 Å². The van der Waals surface area contributed by atoms with E-state index in [4.69, 9.17) is 14.6 Å². The number of carboxylic acid groups (broad SMARTS) is 1. The second-order valence-corrected chi connectivity index (χ2v) is 6.53. The molecule has 1 aliphatic heterocycles. The fourth-order valence-corrected chi connectivity index (χ4v) is 3.12. The molecule has 1 fully saturated rings. The summed E-state index contributed by atoms with van der Waals surface area (Å²) < 4.78 is 10.6. The molecule has 7 nitrogen and oxygen atoms in total. The van der Waals surface area contributed by atoms with Crippen molar-refractivity contribution in [2.75, 3.05) is 7.11 Å². The third-order valence-electron chi connectivity index (χ3n) is 3.71. The molecule has 2 amide bonds. The minimum Gasteiger partial charge on any atom is -0.493 e. The molecule has 1 N–H and O–H groups in total. The van der Waals surface area contributed by atoms with Crippen LogP contribution in [0.15, 0.2) is 35.8 Å². The first kappa shape index (κ1) is 19.6. The van der Waals surface area contributed by atoms with Crippen LogP contribution in [0.4, 0.5) is 4.79 Å². The van der Waals surface area contributed by atoms with Crippen molar-refractivity contribution in [2.24, 2.45) is 0 Å². The Morgan fingerprint density at radius 3 is 2.58 bits per heavy atom. The Hall–Kier alpha value is -2.74. The second kappa shape index (κ2) is 8.09. The summed E-state index contributed by atoms with van der Waals surface area (Å²) in [7, 11) is 1.43. The van der Waals surface area contributed by atoms with Crippen LogP contribution in [0.25, 0.3) is 6.08 Å². The monoisotopic (exact) mass is 377 g/mol. The Morgan fingerprint density at radius 2 is 2.00 bits per heavy atom. The van der Waals surface area contributed by atoms with Gasteiger partial charge in [0.15, 0.2) is 17.6 Å². The van der Waals surface area contributed by atoms with E-state index < -0.39 is 18.1 Å². The summed E-state index contributed by atoms with van der Waals surface area (Å²) in [6, 6.07) is 4.42. The number of thioether (sulfide) groups is 1. The lowest BCUT2D eigenvalue weighted by molar-refractivity contribution is -0.144. The number of methoxy groups -OCH3 is 1. The van der Waals surface area contributed by atoms with Crippen LogP contribution in [-0.4, -0.2) is 46.4 Å². The fraction of sp³-hybridized carbons (Fsp3) is 0.278. The summed E-state index contributed by atoms with van der Waals surface area (Å²) in [6.45, 7) is 6.73. The van der Waals surface area contributed by atoms with Crippen molar-refractivity contribution in [1.82, 2.24) is 4.90 Å². The first-order chi connectivity index (χ1) is 12.3. The zero-order chi connectivity index (χ0) is 19.4. The SMILES string of the molecule is C=C[C@@H](C)N1C(=O)S/C(=C\c2ccc(O[C@H](C)C(=O)O)c(OC)c2)C1=O. The molecule has 1 aliphatic rings. The van der Waals surface area contributed by atoms with E-state index in [-0.39, 0.29) is 16.9 Å². The van der Waals surface area contributed by atoms with Crippen molar-refractivity contribution in [2.45, 2.75) is 26.0 Å². The van der Waals surface area contributed by atoms with Crippen LogP contribution in [0.5, 0.6) is 11.5 Å². The molecule has 2 rings (SSSR count). The van der Waals surface area contributed by atoms with Gasteiger partial charge in [-0.3, -0.25) is 14.5 Å². The number of amides is 2. The largest absolute Gasteiger partial charge is 0.493 e. The number of carboxylic acids is 1. The number of nitrogens with zero attached hydrogens (tertiary/aromatic N) is 1. The molecule has 138 valence electrons. The average Bonchev–Trinajstić information content (AvgIpc) is 2.88. The van der Waals surface area contributed by atoms with Gasteiger partial charge in [0.25, 0.3) is 11.1 Å². The van der Waals surface area contributed by atoms with E-state index in [0.29, 0.717) is 16.2 Å². The van der Waals surface area contributed by atoms with Crippen LogP contribution in [0.3, 0.4) is 0 Å². The van der Waals surface area contributed by atoms with Crippen LogP contribution in [0.2, 0.25) is 0 Å². The molecule has 1 aromatic rings. The van der Waals surface area contributed by atoms with Gasteiger partial charge in [-0.25, -0.2) is 4.79 Å². The lowest BCUT2D eigenvalue weighted by Crippen LogP contribution is -2.35. The molecule has 1 saturated heterocycles. The number of imide groups is 1. The molecule has 0 aliphatic carbocycles. The zero-order valence-electron chi connectivity index (χ0n) is 14.6. The molecular weight excluding hydrogens is 358 g/mol. The Labute approximate surface area is 155 Å². The first-order valence-electron chi connectivity index (χ1n) is 7.75. The third kappa shape index (κ3) is 4.08. The molecule has 1 aromatic carbocycles. The van der Waals surface area contributed by atoms with Gasteiger partial charge in [-0.15, -0.1) is 6.58 Å². The molecule has 1 heterocycles. The Morgan fingerprint density at radius 1 is 1.31 bits per heavy atom. The Kier molecular flexibility index (Phi) is 6.10. The van der Waals surface area contributed by atoms with Gasteiger partial charge in [-0.1, -0.05) is 12.1 Å². The van der Waals surface area contributed by atoms with Crippen molar-refractivity contribution < 1.29 is 29.0 Å². The minimum atomic E-state index is -1.10. The molecule has 8 heteroatoms. The highest BCUT2D eigenvalue weighted by atomic mass is 32.2. The molecule has 0 unspecified atom stereocenters. The van der Waals surface area contributed by atoms with E-state index in [0.717, 1.165) is 16.7 Å². The van der Waals surface area contributed by atoms with Gasteiger partial charge in [-0.05, 0) is 49.4 Å². The molecule has 0 bridgehead atoms. The standard InChI is InChI=1S/C18H19NO6S/c1-5-10(2)19-16(20)15(26-18(19)23)9-12-6-7-13(14(8-12)24-4)25-11(3)17(21)22/h5-11H,1H2,2-4H3,(H,21,22)/b15-9-/t10-,11-/m1/s1. The number of carbonyl (C=O) groups excluding carboxylic acids is 2. The molecule has 26 heavy (non-hydrogen) atoms. The maximum Gasteiger partial charge on any atom is 0.344 e. The van der Waals surface area contributed by atoms with Crippen molar-refractivity contribution in [3.63, 3.8) is 0 Å². The lowest BCUT2D eigenvalue weighted by atomic mass is 10.1. The van der Waals surface area contributed by atoms with Crippen molar-refractivity contribution in [1.29, 1.82) is 0 Å². The lowest BCUT2D eigenvalue weighted by Gasteiger charge is -2.17. The predicted octanol–water partition coefficient (Wildman–Crippen LogP) is 3.16. The van der Waals surface area contributed by atoms with E-state index in [1.807, 2.05) is 0 Å². The van der Waals surface area contributed by atoms with Crippen molar-refractivity contribution in [3.05, 3.63) is 41.3 Å². The number of aliphatic carboxylic acids is 1. The van der Waals surface area contributed by atoms with E-state index in [9.17, 15) is 14.4 Å². The average molecular weight is 377 g/mol. The number of hydrogen-bond donors (Lipinski definition) is 1. The van der Waals surface area contributed by atoms with E-state index >= 15 is 0 Å². The van der Waals surface area contributed by atoms with Crippen molar-refractivity contribution >= 4 is 35.0 Å². The van der Waals surface area contributed by atoms with Gasteiger partial charge in [-0.2, -0.15) is 0 Å². The number of rotatable bonds is 7. The predicted molar refractivity (Wildman–Crippen MR) is 98.2 cm³/mol. The topological polar surface area (TPSA) is 93.1 Å². The normalized spacial score (nSPS) is 18.0. The van der Waals surface area contributed by atoms with Gasteiger partial charge in [0.1, 0.15) is 0 Å². The summed E-state index contributed by atoms with van der Waals surface area (Å²) in [4.78, 5) is 36.8. The highest BCUT2D eigenvalue weighted by Gasteiger charge is 2.37. The van der Waals surface area contributed by atoms with Crippen LogP contribution < -0.4 is 9.47 Å². The summed E-state index contributed by atoms with van der Waals surface area (Å²) in [5.41, 5.74) is 0.619. The summed E-state index contributed by atoms with van der Waals surface area (Å²) in [6.07, 6.45) is 2.07. The molecule has 0 saturated carbocycles. The van der Waals surface area contributed by atoms with E-state index in [1.54, 1.807) is 31.2 Å². The Bertz CT molecular complexity index is 788. The molecule has 0 aromatic heterocycles. The third-order valence-corrected chi connectivity index (χ3v) is 4.59. The highest BCUT2D eigenvalue weighted by molar-refractivity contribution is 8.18. The van der Waals surface area contributed by atoms with Crippen LogP contribution in [-0.2, 0) is 9.59 Å². The fourth-order valence-electron chi connectivity index (χ4n) is 2.20. The summed E-state index contributed by atoms with van der Waals surface area (Å²) in [5, 5.41) is 8.58. The molecule has 0 spiro atoms. The smallest absolute Gasteiger partial charge is 0.344 e. The molecule has 2 atom stereocenters. The highest BCUT2D eigenvalue weighted by Crippen LogP contribution is 2.35. The maximum absolute atomic E-state index is 12.4. The van der Waals surface area contributed by atoms with Crippen LogP contribution in [0, 0.1) is 0 Å². The molecule has 0 radical (unpaired) electrons. The summed E-state index contributed by atoms with van der Waals surface area (Å²) >= 11 is 0.854. The van der Waals surface area contributed by atoms with Crippen LogP contribution >= 0.6 is 11.8 Å². The minimum absolute atomic E-state index is 0.271. The number of ether oxygens (including phenoxy) is 2. The van der Waals surface area contributed by atoms with Gasteiger partial charge in [0, 0.05) is 0 Å².